The highest BCUT2D eigenvalue weighted by Crippen LogP contribution is 2.22. The van der Waals surface area contributed by atoms with Gasteiger partial charge in [0.2, 0.25) is 0 Å². The van der Waals surface area contributed by atoms with Crippen LogP contribution in [0.1, 0.15) is 17.6 Å². The van der Waals surface area contributed by atoms with Crippen LogP contribution in [0.25, 0.3) is 0 Å². The number of nitrogens with zero attached hydrogens (tertiary/aromatic N) is 1. The maximum Gasteiger partial charge on any atom is 0.265 e. The van der Waals surface area contributed by atoms with Crippen molar-refractivity contribution in [2.24, 2.45) is 0 Å². The Bertz CT molecular complexity index is 278. The molecule has 0 amide bonds. The Morgan fingerprint density at radius 3 is 2.75 bits per heavy atom. The molecule has 0 spiro atoms. The standard InChI is InChI=1S/C7H7BrF2N2/c8-2-4-1-5(6(9)10)3-12-7(4)11/h1,3,6H,2H2,(H2,11,12). The number of pyridine rings is 1. The van der Waals surface area contributed by atoms with Gasteiger partial charge < -0.3 is 5.73 Å². The van der Waals surface area contributed by atoms with Crippen molar-refractivity contribution in [3.63, 3.8) is 0 Å². The van der Waals surface area contributed by atoms with Crippen LogP contribution in [0.3, 0.4) is 0 Å². The van der Waals surface area contributed by atoms with E-state index in [4.69, 9.17) is 5.73 Å². The molecule has 0 aliphatic rings. The summed E-state index contributed by atoms with van der Waals surface area (Å²) in [6.07, 6.45) is -1.40. The molecule has 0 atom stereocenters. The summed E-state index contributed by atoms with van der Waals surface area (Å²) in [6.45, 7) is 0. The minimum atomic E-state index is -2.49. The Kier molecular flexibility index (Phi) is 2.97. The second-order valence-electron chi connectivity index (χ2n) is 2.25. The van der Waals surface area contributed by atoms with E-state index in [0.29, 0.717) is 10.9 Å². The van der Waals surface area contributed by atoms with Gasteiger partial charge >= 0.3 is 0 Å². The van der Waals surface area contributed by atoms with Crippen LogP contribution in [-0.2, 0) is 5.33 Å². The molecular weight excluding hydrogens is 230 g/mol. The number of nitrogen functional groups attached to an aromatic ring is 1. The summed E-state index contributed by atoms with van der Waals surface area (Å²) in [5, 5.41) is 0.437. The summed E-state index contributed by atoms with van der Waals surface area (Å²) in [5.41, 5.74) is 5.91. The molecule has 0 unspecified atom stereocenters. The summed E-state index contributed by atoms with van der Waals surface area (Å²) < 4.78 is 24.2. The molecule has 5 heteroatoms. The molecule has 0 bridgehead atoms. The van der Waals surface area contributed by atoms with E-state index in [1.807, 2.05) is 0 Å². The highest BCUT2D eigenvalue weighted by molar-refractivity contribution is 9.08. The highest BCUT2D eigenvalue weighted by Gasteiger charge is 2.09. The zero-order chi connectivity index (χ0) is 9.14. The van der Waals surface area contributed by atoms with Crippen molar-refractivity contribution >= 4 is 21.7 Å². The van der Waals surface area contributed by atoms with Crippen LogP contribution in [0.2, 0.25) is 0 Å². The van der Waals surface area contributed by atoms with Crippen molar-refractivity contribution in [2.75, 3.05) is 5.73 Å². The third kappa shape index (κ3) is 1.91. The lowest BCUT2D eigenvalue weighted by Crippen LogP contribution is -1.97. The highest BCUT2D eigenvalue weighted by atomic mass is 79.9. The van der Waals surface area contributed by atoms with Crippen LogP contribution in [0.15, 0.2) is 12.3 Å². The zero-order valence-electron chi connectivity index (χ0n) is 6.10. The quantitative estimate of drug-likeness (QED) is 0.802. The van der Waals surface area contributed by atoms with Gasteiger partial charge in [0.05, 0.1) is 0 Å². The van der Waals surface area contributed by atoms with E-state index in [-0.39, 0.29) is 11.4 Å². The van der Waals surface area contributed by atoms with Crippen LogP contribution in [0, 0.1) is 0 Å². The number of anilines is 1. The second kappa shape index (κ2) is 3.80. The first-order chi connectivity index (χ1) is 5.65. The van der Waals surface area contributed by atoms with Gasteiger partial charge in [-0.2, -0.15) is 0 Å². The molecule has 1 heterocycles. The van der Waals surface area contributed by atoms with Crippen LogP contribution in [0.5, 0.6) is 0 Å². The normalized spacial score (nSPS) is 10.7. The Morgan fingerprint density at radius 1 is 1.58 bits per heavy atom. The fourth-order valence-corrected chi connectivity index (χ4v) is 1.21. The summed E-state index contributed by atoms with van der Waals surface area (Å²) in [7, 11) is 0. The van der Waals surface area contributed by atoms with E-state index in [1.165, 1.54) is 6.07 Å². The monoisotopic (exact) mass is 236 g/mol. The SMILES string of the molecule is Nc1ncc(C(F)F)cc1CBr. The maximum atomic E-state index is 12.1. The van der Waals surface area contributed by atoms with E-state index >= 15 is 0 Å². The summed E-state index contributed by atoms with van der Waals surface area (Å²) in [5.74, 6) is 0.288. The molecule has 0 fully saturated rings. The van der Waals surface area contributed by atoms with Gasteiger partial charge in [-0.3, -0.25) is 0 Å². The molecule has 2 N–H and O–H groups in total. The molecule has 2 nitrogen and oxygen atoms in total. The van der Waals surface area contributed by atoms with Gasteiger partial charge in [0.1, 0.15) is 5.82 Å². The Balaban J connectivity index is 3.05. The largest absolute Gasteiger partial charge is 0.383 e. The molecule has 0 saturated carbocycles. The fourth-order valence-electron chi connectivity index (χ4n) is 0.766. The van der Waals surface area contributed by atoms with Crippen LogP contribution in [-0.4, -0.2) is 4.98 Å². The van der Waals surface area contributed by atoms with Crippen LogP contribution in [0.4, 0.5) is 14.6 Å². The van der Waals surface area contributed by atoms with E-state index in [1.54, 1.807) is 0 Å². The van der Waals surface area contributed by atoms with Crippen molar-refractivity contribution in [3.8, 4) is 0 Å². The zero-order valence-corrected chi connectivity index (χ0v) is 7.68. The molecule has 0 aromatic carbocycles. The number of halogens is 3. The molecule has 12 heavy (non-hydrogen) atoms. The average molecular weight is 237 g/mol. The first-order valence-electron chi connectivity index (χ1n) is 3.23. The lowest BCUT2D eigenvalue weighted by Gasteiger charge is -2.03. The number of alkyl halides is 3. The summed E-state index contributed by atoms with van der Waals surface area (Å²) >= 11 is 3.13. The molecule has 66 valence electrons. The van der Waals surface area contributed by atoms with Crippen LogP contribution < -0.4 is 5.73 Å². The molecule has 0 aliphatic carbocycles. The predicted octanol–water partition coefficient (Wildman–Crippen LogP) is 2.50. The third-order valence-corrected chi connectivity index (χ3v) is 2.02. The number of hydrogen-bond donors (Lipinski definition) is 1. The number of aromatic nitrogens is 1. The van der Waals surface area contributed by atoms with Gasteiger partial charge in [-0.25, -0.2) is 13.8 Å². The molecule has 0 saturated heterocycles. The first-order valence-corrected chi connectivity index (χ1v) is 4.35. The lowest BCUT2D eigenvalue weighted by atomic mass is 10.2. The predicted molar refractivity (Wildman–Crippen MR) is 46.2 cm³/mol. The Hall–Kier alpha value is -0.710. The summed E-state index contributed by atoms with van der Waals surface area (Å²) in [6, 6.07) is 1.35. The van der Waals surface area contributed by atoms with E-state index in [2.05, 4.69) is 20.9 Å². The smallest absolute Gasteiger partial charge is 0.265 e. The average Bonchev–Trinajstić information content (AvgIpc) is 2.05. The van der Waals surface area contributed by atoms with Crippen molar-refractivity contribution < 1.29 is 8.78 Å². The second-order valence-corrected chi connectivity index (χ2v) is 2.81. The van der Waals surface area contributed by atoms with E-state index in [0.717, 1.165) is 6.20 Å². The van der Waals surface area contributed by atoms with Gasteiger partial charge in [0.15, 0.2) is 0 Å². The van der Waals surface area contributed by atoms with Crippen molar-refractivity contribution in [2.45, 2.75) is 11.8 Å². The molecule has 0 aliphatic heterocycles. The molecule has 0 radical (unpaired) electrons. The number of hydrogen-bond acceptors (Lipinski definition) is 2. The summed E-state index contributed by atoms with van der Waals surface area (Å²) in [4.78, 5) is 3.64. The van der Waals surface area contributed by atoms with Gasteiger partial charge in [0.25, 0.3) is 6.43 Å². The third-order valence-electron chi connectivity index (χ3n) is 1.42. The number of rotatable bonds is 2. The first kappa shape index (κ1) is 9.38. The minimum Gasteiger partial charge on any atom is -0.383 e. The minimum absolute atomic E-state index is 0.0985. The lowest BCUT2D eigenvalue weighted by molar-refractivity contribution is 0.151. The fraction of sp³-hybridized carbons (Fsp3) is 0.286. The van der Waals surface area contributed by atoms with Gasteiger partial charge in [-0.05, 0) is 6.07 Å². The molecule has 1 aromatic heterocycles. The van der Waals surface area contributed by atoms with Gasteiger partial charge in [-0.1, -0.05) is 15.9 Å². The van der Waals surface area contributed by atoms with Crippen molar-refractivity contribution in [1.82, 2.24) is 4.98 Å². The topological polar surface area (TPSA) is 38.9 Å². The molecular formula is C7H7BrF2N2. The molecule has 1 aromatic rings. The van der Waals surface area contributed by atoms with Crippen molar-refractivity contribution in [1.29, 1.82) is 0 Å². The van der Waals surface area contributed by atoms with Crippen molar-refractivity contribution in [3.05, 3.63) is 23.4 Å². The van der Waals surface area contributed by atoms with Gasteiger partial charge in [0, 0.05) is 22.7 Å². The van der Waals surface area contributed by atoms with Gasteiger partial charge in [-0.15, -0.1) is 0 Å². The maximum absolute atomic E-state index is 12.1. The Labute approximate surface area is 76.9 Å². The van der Waals surface area contributed by atoms with E-state index in [9.17, 15) is 8.78 Å². The molecule has 1 rings (SSSR count). The Morgan fingerprint density at radius 2 is 2.25 bits per heavy atom. The van der Waals surface area contributed by atoms with Crippen LogP contribution >= 0.6 is 15.9 Å². The van der Waals surface area contributed by atoms with E-state index < -0.39 is 6.43 Å². The number of nitrogens with two attached hydrogens (primary N) is 1.